The summed E-state index contributed by atoms with van der Waals surface area (Å²) in [5.74, 6) is 2.75. The van der Waals surface area contributed by atoms with Crippen molar-refractivity contribution >= 4 is 11.6 Å². The Labute approximate surface area is 199 Å². The van der Waals surface area contributed by atoms with Gasteiger partial charge in [-0.15, -0.1) is 0 Å². The summed E-state index contributed by atoms with van der Waals surface area (Å²) in [5.41, 5.74) is 1.18. The minimum Gasteiger partial charge on any atom is -0.497 e. The monoisotopic (exact) mass is 463 g/mol. The third-order valence-corrected chi connectivity index (χ3v) is 6.33. The van der Waals surface area contributed by atoms with Crippen LogP contribution in [0.15, 0.2) is 71.3 Å². The maximum atomic E-state index is 12.9. The molecular formula is C26H29N3O5. The molecule has 34 heavy (non-hydrogen) atoms. The fourth-order valence-electron chi connectivity index (χ4n) is 4.44. The second kappa shape index (κ2) is 10.1. The number of nitrogens with one attached hydrogen (secondary N) is 1. The number of rotatable bonds is 7. The van der Waals surface area contributed by atoms with Gasteiger partial charge in [0.1, 0.15) is 18.1 Å². The van der Waals surface area contributed by atoms with Gasteiger partial charge in [-0.1, -0.05) is 12.1 Å². The molecule has 0 saturated carbocycles. The molecule has 2 aliphatic rings. The molecule has 2 unspecified atom stereocenters. The molecule has 8 nitrogen and oxygen atoms in total. The fraction of sp³-hybridized carbons (Fsp3) is 0.346. The van der Waals surface area contributed by atoms with E-state index in [1.165, 1.54) is 5.69 Å². The Bertz CT molecular complexity index is 1080. The Hall–Kier alpha value is -3.65. The van der Waals surface area contributed by atoms with Crippen molar-refractivity contribution in [3.05, 3.63) is 72.7 Å². The number of hydrogen-bond acceptors (Lipinski definition) is 7. The third-order valence-electron chi connectivity index (χ3n) is 6.33. The summed E-state index contributed by atoms with van der Waals surface area (Å²) in [6.45, 7) is 4.08. The lowest BCUT2D eigenvalue weighted by molar-refractivity contribution is -0.130. The molecular weight excluding hydrogens is 434 g/mol. The van der Waals surface area contributed by atoms with Gasteiger partial charge in [0.2, 0.25) is 6.10 Å². The second-order valence-electron chi connectivity index (χ2n) is 8.36. The first-order valence-corrected chi connectivity index (χ1v) is 11.5. The van der Waals surface area contributed by atoms with Gasteiger partial charge in [0.15, 0.2) is 11.5 Å². The number of carbonyl (C=O) groups excluding carboxylic acids is 1. The molecule has 3 aromatic rings. The van der Waals surface area contributed by atoms with Crippen molar-refractivity contribution < 1.29 is 23.4 Å². The number of para-hydroxylation sites is 2. The highest BCUT2D eigenvalue weighted by atomic mass is 16.6. The van der Waals surface area contributed by atoms with E-state index in [1.54, 1.807) is 13.4 Å². The van der Waals surface area contributed by atoms with Crippen LogP contribution in [0, 0.1) is 0 Å². The number of hydrogen-bond donors (Lipinski definition) is 1. The van der Waals surface area contributed by atoms with Gasteiger partial charge in [-0.2, -0.15) is 0 Å². The van der Waals surface area contributed by atoms with Crippen LogP contribution < -0.4 is 24.4 Å². The van der Waals surface area contributed by atoms with Crippen molar-refractivity contribution in [1.82, 2.24) is 10.2 Å². The predicted molar refractivity (Wildman–Crippen MR) is 128 cm³/mol. The van der Waals surface area contributed by atoms with Gasteiger partial charge in [-0.25, -0.2) is 0 Å². The topological polar surface area (TPSA) is 76.4 Å². The summed E-state index contributed by atoms with van der Waals surface area (Å²) < 4.78 is 22.5. The molecule has 0 aliphatic carbocycles. The first-order chi connectivity index (χ1) is 16.7. The Morgan fingerprint density at radius 1 is 1.03 bits per heavy atom. The molecule has 2 aromatic carbocycles. The van der Waals surface area contributed by atoms with Crippen molar-refractivity contribution in [3.63, 3.8) is 0 Å². The lowest BCUT2D eigenvalue weighted by atomic mass is 10.1. The largest absolute Gasteiger partial charge is 0.497 e. The number of anilines is 1. The molecule has 1 aromatic heterocycles. The Balaban J connectivity index is 1.20. The van der Waals surface area contributed by atoms with Crippen molar-refractivity contribution in [1.29, 1.82) is 0 Å². The fourth-order valence-corrected chi connectivity index (χ4v) is 4.44. The predicted octanol–water partition coefficient (Wildman–Crippen LogP) is 3.11. The molecule has 1 fully saturated rings. The Morgan fingerprint density at radius 2 is 1.79 bits per heavy atom. The minimum absolute atomic E-state index is 0.0613. The van der Waals surface area contributed by atoms with E-state index in [-0.39, 0.29) is 18.6 Å². The summed E-state index contributed by atoms with van der Waals surface area (Å²) >= 11 is 0. The van der Waals surface area contributed by atoms with Crippen LogP contribution in [0.3, 0.4) is 0 Å². The van der Waals surface area contributed by atoms with Crippen LogP contribution in [-0.4, -0.2) is 63.4 Å². The van der Waals surface area contributed by atoms with E-state index in [0.717, 1.165) is 37.7 Å². The quantitative estimate of drug-likeness (QED) is 0.577. The highest BCUT2D eigenvalue weighted by Gasteiger charge is 2.31. The molecule has 1 amide bonds. The van der Waals surface area contributed by atoms with Gasteiger partial charge in [0.05, 0.1) is 19.4 Å². The number of ether oxygens (including phenoxy) is 3. The first kappa shape index (κ1) is 22.2. The zero-order chi connectivity index (χ0) is 23.3. The molecule has 0 bridgehead atoms. The number of benzene rings is 2. The highest BCUT2D eigenvalue weighted by molar-refractivity contribution is 5.81. The zero-order valence-electron chi connectivity index (χ0n) is 19.2. The number of piperazine rings is 1. The van der Waals surface area contributed by atoms with Crippen LogP contribution in [0.1, 0.15) is 11.8 Å². The van der Waals surface area contributed by atoms with Gasteiger partial charge < -0.3 is 28.8 Å². The zero-order valence-corrected chi connectivity index (χ0v) is 19.2. The van der Waals surface area contributed by atoms with E-state index in [2.05, 4.69) is 27.2 Å². The van der Waals surface area contributed by atoms with Crippen molar-refractivity contribution in [3.8, 4) is 17.2 Å². The minimum atomic E-state index is -0.681. The molecule has 178 valence electrons. The van der Waals surface area contributed by atoms with Crippen LogP contribution in [0.4, 0.5) is 5.69 Å². The van der Waals surface area contributed by atoms with Gasteiger partial charge >= 0.3 is 0 Å². The summed E-state index contributed by atoms with van der Waals surface area (Å²) in [5, 5.41) is 3.05. The number of carbonyl (C=O) groups is 1. The van der Waals surface area contributed by atoms with Crippen LogP contribution >= 0.6 is 0 Å². The summed E-state index contributed by atoms with van der Waals surface area (Å²) in [6, 6.07) is 19.3. The van der Waals surface area contributed by atoms with Gasteiger partial charge in [-0.3, -0.25) is 9.69 Å². The van der Waals surface area contributed by atoms with Crippen LogP contribution in [-0.2, 0) is 4.79 Å². The van der Waals surface area contributed by atoms with Crippen molar-refractivity contribution in [2.75, 3.05) is 51.3 Å². The maximum absolute atomic E-state index is 12.9. The van der Waals surface area contributed by atoms with E-state index in [4.69, 9.17) is 18.6 Å². The molecule has 8 heteroatoms. The Kier molecular flexibility index (Phi) is 6.58. The smallest absolute Gasteiger partial charge is 0.264 e. The number of amides is 1. The normalized spacial score (nSPS) is 18.9. The summed E-state index contributed by atoms with van der Waals surface area (Å²) in [7, 11) is 1.67. The SMILES string of the molecule is COc1ccc(N2CCN(C(CNC(=O)C3COc4ccccc4O3)c3ccco3)CC2)cc1. The van der Waals surface area contributed by atoms with Gasteiger partial charge in [0.25, 0.3) is 5.91 Å². The van der Waals surface area contributed by atoms with E-state index in [9.17, 15) is 4.79 Å². The molecule has 3 heterocycles. The molecule has 1 saturated heterocycles. The second-order valence-corrected chi connectivity index (χ2v) is 8.36. The highest BCUT2D eigenvalue weighted by Crippen LogP contribution is 2.31. The number of furan rings is 1. The van der Waals surface area contributed by atoms with Crippen molar-refractivity contribution in [2.45, 2.75) is 12.1 Å². The molecule has 1 N–H and O–H groups in total. The van der Waals surface area contributed by atoms with E-state index in [0.29, 0.717) is 18.0 Å². The molecule has 2 aliphatic heterocycles. The lowest BCUT2D eigenvalue weighted by Gasteiger charge is -2.39. The molecule has 2 atom stereocenters. The summed E-state index contributed by atoms with van der Waals surface area (Å²) in [6.07, 6.45) is 0.992. The van der Waals surface area contributed by atoms with E-state index < -0.39 is 6.10 Å². The molecule has 5 rings (SSSR count). The van der Waals surface area contributed by atoms with Crippen LogP contribution in [0.25, 0.3) is 0 Å². The summed E-state index contributed by atoms with van der Waals surface area (Å²) in [4.78, 5) is 17.6. The van der Waals surface area contributed by atoms with E-state index >= 15 is 0 Å². The lowest BCUT2D eigenvalue weighted by Crippen LogP contribution is -2.51. The Morgan fingerprint density at radius 3 is 2.50 bits per heavy atom. The van der Waals surface area contributed by atoms with E-state index in [1.807, 2.05) is 48.5 Å². The first-order valence-electron chi connectivity index (χ1n) is 11.5. The van der Waals surface area contributed by atoms with Crippen LogP contribution in [0.5, 0.6) is 17.2 Å². The maximum Gasteiger partial charge on any atom is 0.264 e. The molecule has 0 radical (unpaired) electrons. The standard InChI is InChI=1S/C26H29N3O5/c1-31-20-10-8-19(9-11-20)28-12-14-29(15-13-28)21(22-7-4-16-32-22)17-27-26(30)25-18-33-23-5-2-3-6-24(23)34-25/h2-11,16,21,25H,12-15,17-18H2,1H3,(H,27,30). The molecule has 0 spiro atoms. The average molecular weight is 464 g/mol. The van der Waals surface area contributed by atoms with Crippen molar-refractivity contribution in [2.24, 2.45) is 0 Å². The number of fused-ring (bicyclic) bond motifs is 1. The number of methoxy groups -OCH3 is 1. The van der Waals surface area contributed by atoms with Gasteiger partial charge in [-0.05, 0) is 48.5 Å². The third kappa shape index (κ3) is 4.82. The van der Waals surface area contributed by atoms with Gasteiger partial charge in [0, 0.05) is 38.4 Å². The number of nitrogens with zero attached hydrogens (tertiary/aromatic N) is 2. The van der Waals surface area contributed by atoms with Crippen LogP contribution in [0.2, 0.25) is 0 Å². The average Bonchev–Trinajstić information content (AvgIpc) is 3.43.